The van der Waals surface area contributed by atoms with Crippen LogP contribution in [0.3, 0.4) is 0 Å². The third-order valence-electron chi connectivity index (χ3n) is 3.17. The Bertz CT molecular complexity index is 641. The van der Waals surface area contributed by atoms with Gasteiger partial charge in [-0.2, -0.15) is 0 Å². The summed E-state index contributed by atoms with van der Waals surface area (Å²) in [5.41, 5.74) is 1.67. The van der Waals surface area contributed by atoms with Gasteiger partial charge in [0.2, 0.25) is 0 Å². The number of fused-ring (bicyclic) bond motifs is 1. The van der Waals surface area contributed by atoms with E-state index in [0.717, 1.165) is 23.3 Å². The Balaban J connectivity index is 1.93. The van der Waals surface area contributed by atoms with Crippen LogP contribution in [0, 0.1) is 0 Å². The largest absolute Gasteiger partial charge is 0.490 e. The summed E-state index contributed by atoms with van der Waals surface area (Å²) in [6.07, 6.45) is 2.38. The van der Waals surface area contributed by atoms with Crippen molar-refractivity contribution in [2.24, 2.45) is 0 Å². The smallest absolute Gasteiger partial charge is 0.328 e. The molecule has 2 N–H and O–H groups in total. The van der Waals surface area contributed by atoms with Crippen molar-refractivity contribution in [1.82, 2.24) is 10.6 Å². The molecule has 1 aromatic carbocycles. The van der Waals surface area contributed by atoms with Crippen LogP contribution in [0.4, 0.5) is 4.79 Å². The highest BCUT2D eigenvalue weighted by Gasteiger charge is 2.28. The van der Waals surface area contributed by atoms with Gasteiger partial charge in [-0.05, 0) is 36.3 Å². The summed E-state index contributed by atoms with van der Waals surface area (Å²) < 4.78 is 5.58. The van der Waals surface area contributed by atoms with E-state index in [1.54, 1.807) is 6.07 Å². The second-order valence-corrected chi connectivity index (χ2v) is 4.80. The third-order valence-corrected chi connectivity index (χ3v) is 3.17. The van der Waals surface area contributed by atoms with Crippen molar-refractivity contribution in [2.75, 3.05) is 0 Å². The molecule has 1 fully saturated rings. The van der Waals surface area contributed by atoms with E-state index in [1.807, 2.05) is 29.7 Å². The Morgan fingerprint density at radius 3 is 2.60 bits per heavy atom. The molecule has 0 radical (unpaired) electrons. The topological polar surface area (TPSA) is 84.5 Å². The number of benzene rings is 1. The molecule has 2 aliphatic rings. The molecule has 0 aromatic heterocycles. The lowest BCUT2D eigenvalue weighted by atomic mass is 10.0. The lowest BCUT2D eigenvalue weighted by Crippen LogP contribution is -2.51. The first-order chi connectivity index (χ1) is 9.52. The zero-order valence-corrected chi connectivity index (χ0v) is 10.7. The molecule has 6 nitrogen and oxygen atoms in total. The van der Waals surface area contributed by atoms with Gasteiger partial charge in [-0.25, -0.2) is 4.79 Å². The van der Waals surface area contributed by atoms with Gasteiger partial charge in [-0.3, -0.25) is 20.2 Å². The molecule has 20 heavy (non-hydrogen) atoms. The third kappa shape index (κ3) is 2.16. The molecule has 1 aromatic rings. The molecular weight excluding hydrogens is 260 g/mol. The first-order valence-corrected chi connectivity index (χ1v) is 6.21. The highest BCUT2D eigenvalue weighted by molar-refractivity contribution is 6.31. The normalized spacial score (nSPS) is 20.9. The van der Waals surface area contributed by atoms with Crippen LogP contribution in [0.1, 0.15) is 18.1 Å². The number of hydrogen-bond acceptors (Lipinski definition) is 4. The van der Waals surface area contributed by atoms with E-state index >= 15 is 0 Å². The second kappa shape index (κ2) is 4.48. The minimum Gasteiger partial charge on any atom is -0.490 e. The summed E-state index contributed by atoms with van der Waals surface area (Å²) in [6.45, 7) is 1.98. The maximum absolute atomic E-state index is 11.6. The standard InChI is InChI=1S/C14H12N2O4/c1-7-4-9-5-8(2-3-11(9)20-7)6-10-12(17)15-14(19)16-13(10)18/h2-3,5-7H,4H2,1H3,(H2,15,16,17,18,19)/t7-/m0/s1. The number of carbonyl (C=O) groups is 3. The Kier molecular flexibility index (Phi) is 2.78. The van der Waals surface area contributed by atoms with Gasteiger partial charge >= 0.3 is 6.03 Å². The van der Waals surface area contributed by atoms with Crippen LogP contribution in [0.5, 0.6) is 5.75 Å². The maximum atomic E-state index is 11.6. The van der Waals surface area contributed by atoms with Gasteiger partial charge in [-0.1, -0.05) is 6.07 Å². The maximum Gasteiger partial charge on any atom is 0.328 e. The highest BCUT2D eigenvalue weighted by Crippen LogP contribution is 2.30. The molecule has 0 spiro atoms. The summed E-state index contributed by atoms with van der Waals surface area (Å²) in [6, 6.07) is 4.66. The van der Waals surface area contributed by atoms with Crippen molar-refractivity contribution in [3.63, 3.8) is 0 Å². The van der Waals surface area contributed by atoms with Gasteiger partial charge in [0.15, 0.2) is 0 Å². The molecule has 0 saturated carbocycles. The minimum atomic E-state index is -0.798. The predicted molar refractivity (Wildman–Crippen MR) is 69.9 cm³/mol. The zero-order valence-electron chi connectivity index (χ0n) is 10.7. The Labute approximate surface area is 114 Å². The van der Waals surface area contributed by atoms with Gasteiger partial charge in [0.05, 0.1) is 0 Å². The number of urea groups is 1. The number of imide groups is 2. The van der Waals surface area contributed by atoms with Crippen molar-refractivity contribution in [3.8, 4) is 5.75 Å². The fourth-order valence-corrected chi connectivity index (χ4v) is 2.30. The van der Waals surface area contributed by atoms with Crippen LogP contribution in [-0.4, -0.2) is 23.9 Å². The molecule has 2 aliphatic heterocycles. The first kappa shape index (κ1) is 12.4. The van der Waals surface area contributed by atoms with Crippen molar-refractivity contribution >= 4 is 23.9 Å². The summed E-state index contributed by atoms with van der Waals surface area (Å²) in [4.78, 5) is 34.2. The summed E-state index contributed by atoms with van der Waals surface area (Å²) in [7, 11) is 0. The highest BCUT2D eigenvalue weighted by atomic mass is 16.5. The number of amides is 4. The number of rotatable bonds is 1. The number of carbonyl (C=O) groups excluding carboxylic acids is 3. The predicted octanol–water partition coefficient (Wildman–Crippen LogP) is 0.759. The van der Waals surface area contributed by atoms with Crippen molar-refractivity contribution in [3.05, 3.63) is 34.9 Å². The van der Waals surface area contributed by atoms with Crippen molar-refractivity contribution in [1.29, 1.82) is 0 Å². The lowest BCUT2D eigenvalue weighted by molar-refractivity contribution is -0.123. The number of nitrogens with one attached hydrogen (secondary N) is 2. The fourth-order valence-electron chi connectivity index (χ4n) is 2.30. The summed E-state index contributed by atoms with van der Waals surface area (Å²) in [5.74, 6) is -0.555. The van der Waals surface area contributed by atoms with Gasteiger partial charge in [-0.15, -0.1) is 0 Å². The zero-order chi connectivity index (χ0) is 14.3. The number of ether oxygens (including phenoxy) is 1. The lowest BCUT2D eigenvalue weighted by Gasteiger charge is -2.13. The average Bonchev–Trinajstić information content (AvgIpc) is 2.73. The molecule has 4 amide bonds. The monoisotopic (exact) mass is 272 g/mol. The first-order valence-electron chi connectivity index (χ1n) is 6.21. The van der Waals surface area contributed by atoms with E-state index in [1.165, 1.54) is 6.08 Å². The second-order valence-electron chi connectivity index (χ2n) is 4.80. The minimum absolute atomic E-state index is 0.0866. The van der Waals surface area contributed by atoms with E-state index in [-0.39, 0.29) is 11.7 Å². The number of hydrogen-bond donors (Lipinski definition) is 2. The summed E-state index contributed by atoms with van der Waals surface area (Å²) in [5, 5.41) is 4.07. The Morgan fingerprint density at radius 2 is 1.90 bits per heavy atom. The van der Waals surface area contributed by atoms with Gasteiger partial charge < -0.3 is 4.74 Å². The van der Waals surface area contributed by atoms with Crippen LogP contribution >= 0.6 is 0 Å². The van der Waals surface area contributed by atoms with Crippen LogP contribution in [-0.2, 0) is 16.0 Å². The SMILES string of the molecule is C[C@H]1Cc2cc(C=C3C(=O)NC(=O)NC3=O)ccc2O1. The van der Waals surface area contributed by atoms with Crippen molar-refractivity contribution in [2.45, 2.75) is 19.4 Å². The van der Waals surface area contributed by atoms with Crippen LogP contribution < -0.4 is 15.4 Å². The summed E-state index contributed by atoms with van der Waals surface area (Å²) >= 11 is 0. The van der Waals surface area contributed by atoms with Gasteiger partial charge in [0.25, 0.3) is 11.8 Å². The van der Waals surface area contributed by atoms with Gasteiger partial charge in [0.1, 0.15) is 17.4 Å². The number of barbiturate groups is 1. The van der Waals surface area contributed by atoms with E-state index in [2.05, 4.69) is 0 Å². The molecule has 3 rings (SSSR count). The van der Waals surface area contributed by atoms with Crippen LogP contribution in [0.25, 0.3) is 6.08 Å². The van der Waals surface area contributed by atoms with Crippen LogP contribution in [0.2, 0.25) is 0 Å². The van der Waals surface area contributed by atoms with E-state index in [9.17, 15) is 14.4 Å². The molecule has 1 saturated heterocycles. The fraction of sp³-hybridized carbons (Fsp3) is 0.214. The molecule has 2 heterocycles. The van der Waals surface area contributed by atoms with E-state index < -0.39 is 17.8 Å². The molecule has 6 heteroatoms. The molecule has 0 bridgehead atoms. The molecule has 0 unspecified atom stereocenters. The average molecular weight is 272 g/mol. The van der Waals surface area contributed by atoms with E-state index in [0.29, 0.717) is 0 Å². The Hall–Kier alpha value is -2.63. The van der Waals surface area contributed by atoms with Crippen LogP contribution in [0.15, 0.2) is 23.8 Å². The molecule has 102 valence electrons. The Morgan fingerprint density at radius 1 is 1.20 bits per heavy atom. The van der Waals surface area contributed by atoms with E-state index in [4.69, 9.17) is 4.74 Å². The quantitative estimate of drug-likeness (QED) is 0.584. The molecular formula is C14H12N2O4. The van der Waals surface area contributed by atoms with Crippen molar-refractivity contribution < 1.29 is 19.1 Å². The van der Waals surface area contributed by atoms with Gasteiger partial charge in [0, 0.05) is 6.42 Å². The molecule has 0 aliphatic carbocycles. The molecule has 1 atom stereocenters.